The van der Waals surface area contributed by atoms with Gasteiger partial charge in [-0.2, -0.15) is 11.3 Å². The zero-order valence-corrected chi connectivity index (χ0v) is 22.4. The minimum atomic E-state index is -1.11. The molecule has 1 N–H and O–H groups in total. The molecular weight excluding hydrogens is 490 g/mol. The average Bonchev–Trinajstić information content (AvgIpc) is 3.66. The molecule has 0 radical (unpaired) electrons. The first kappa shape index (κ1) is 24.9. The minimum Gasteiger partial charge on any atom is -0.496 e. The quantitative estimate of drug-likeness (QED) is 0.335. The topological polar surface area (TPSA) is 49.8 Å². The van der Waals surface area contributed by atoms with Crippen molar-refractivity contribution < 1.29 is 14.6 Å². The number of hydrogen-bond donors (Lipinski definition) is 1. The second-order valence-corrected chi connectivity index (χ2v) is 11.4. The standard InChI is InChI=1S/C33H33NO3S/c1-37-30-15-9-8-14-27(30)33(36)18-17-32(25-10-4-2-5-11-25,26-12-6-3-7-13-26)28-21-34(22-29(28)33)31(35)20-24-16-19-38-23-24/h2-16,19,23,28-29,36H,17-18,20-22H2,1H3/t28-,29+,33+/m0/s1. The number of ether oxygens (including phenoxy) is 1. The summed E-state index contributed by atoms with van der Waals surface area (Å²) in [6.07, 6.45) is 1.73. The number of carbonyl (C=O) groups excluding carboxylic acids is 1. The van der Waals surface area contributed by atoms with E-state index in [0.29, 0.717) is 31.7 Å². The van der Waals surface area contributed by atoms with Crippen molar-refractivity contribution >= 4 is 17.2 Å². The zero-order chi connectivity index (χ0) is 26.2. The lowest BCUT2D eigenvalue weighted by atomic mass is 9.52. The van der Waals surface area contributed by atoms with E-state index >= 15 is 0 Å². The Kier molecular flexibility index (Phi) is 6.58. The molecule has 2 fully saturated rings. The van der Waals surface area contributed by atoms with Crippen LogP contribution in [-0.2, 0) is 22.2 Å². The van der Waals surface area contributed by atoms with Gasteiger partial charge in [-0.3, -0.25) is 4.79 Å². The predicted molar refractivity (Wildman–Crippen MR) is 151 cm³/mol. The SMILES string of the molecule is COc1ccccc1[C@]1(O)CCC(c2ccccc2)(c2ccccc2)[C@H]2CN(C(=O)Cc3ccsc3)C[C@H]21. The number of fused-ring (bicyclic) bond motifs is 1. The molecule has 5 heteroatoms. The van der Waals surface area contributed by atoms with Crippen LogP contribution in [0.25, 0.3) is 0 Å². The molecule has 3 aromatic carbocycles. The molecule has 38 heavy (non-hydrogen) atoms. The molecule has 2 aliphatic rings. The second kappa shape index (κ2) is 10.0. The summed E-state index contributed by atoms with van der Waals surface area (Å²) in [6.45, 7) is 1.12. The molecule has 4 aromatic rings. The largest absolute Gasteiger partial charge is 0.496 e. The molecule has 1 aromatic heterocycles. The molecular formula is C33H33NO3S. The van der Waals surface area contributed by atoms with Crippen LogP contribution < -0.4 is 4.74 Å². The number of benzene rings is 3. The minimum absolute atomic E-state index is 0.0300. The number of aliphatic hydroxyl groups is 1. The highest BCUT2D eigenvalue weighted by atomic mass is 32.1. The van der Waals surface area contributed by atoms with Gasteiger partial charge in [0.1, 0.15) is 5.75 Å². The van der Waals surface area contributed by atoms with Gasteiger partial charge in [0.05, 0.1) is 19.1 Å². The monoisotopic (exact) mass is 523 g/mol. The molecule has 1 amide bonds. The molecule has 1 saturated heterocycles. The molecule has 0 bridgehead atoms. The molecule has 1 aliphatic carbocycles. The van der Waals surface area contributed by atoms with Crippen LogP contribution in [0.2, 0.25) is 0 Å². The van der Waals surface area contributed by atoms with Gasteiger partial charge in [-0.1, -0.05) is 78.9 Å². The summed E-state index contributed by atoms with van der Waals surface area (Å²) in [4.78, 5) is 15.6. The van der Waals surface area contributed by atoms with Crippen LogP contribution in [0.3, 0.4) is 0 Å². The van der Waals surface area contributed by atoms with Crippen molar-refractivity contribution in [3.05, 3.63) is 124 Å². The summed E-state index contributed by atoms with van der Waals surface area (Å²) in [6, 6.07) is 31.2. The molecule has 1 aliphatic heterocycles. The summed E-state index contributed by atoms with van der Waals surface area (Å²) in [5.41, 5.74) is 2.93. The van der Waals surface area contributed by atoms with Gasteiger partial charge in [0.15, 0.2) is 0 Å². The van der Waals surface area contributed by atoms with Gasteiger partial charge in [-0.05, 0) is 58.3 Å². The van der Waals surface area contributed by atoms with Crippen LogP contribution in [0.4, 0.5) is 0 Å². The highest BCUT2D eigenvalue weighted by molar-refractivity contribution is 7.08. The van der Waals surface area contributed by atoms with Crippen molar-refractivity contribution in [1.29, 1.82) is 0 Å². The number of hydrogen-bond acceptors (Lipinski definition) is 4. The van der Waals surface area contributed by atoms with E-state index in [-0.39, 0.29) is 23.2 Å². The molecule has 0 spiro atoms. The maximum absolute atomic E-state index is 13.6. The lowest BCUT2D eigenvalue weighted by molar-refractivity contribution is -0.130. The van der Waals surface area contributed by atoms with Crippen molar-refractivity contribution in [2.24, 2.45) is 11.8 Å². The van der Waals surface area contributed by atoms with Gasteiger partial charge in [0.25, 0.3) is 0 Å². The molecule has 2 heterocycles. The van der Waals surface area contributed by atoms with Gasteiger partial charge in [0.2, 0.25) is 5.91 Å². The first-order valence-electron chi connectivity index (χ1n) is 13.3. The third-order valence-electron chi connectivity index (χ3n) is 8.91. The average molecular weight is 524 g/mol. The predicted octanol–water partition coefficient (Wildman–Crippen LogP) is 6.04. The van der Waals surface area contributed by atoms with E-state index in [4.69, 9.17) is 4.74 Å². The number of rotatable bonds is 6. The molecule has 0 unspecified atom stereocenters. The number of amides is 1. The molecule has 194 valence electrons. The highest BCUT2D eigenvalue weighted by Gasteiger charge is 2.61. The van der Waals surface area contributed by atoms with Crippen LogP contribution in [0, 0.1) is 11.8 Å². The van der Waals surface area contributed by atoms with Crippen molar-refractivity contribution in [1.82, 2.24) is 4.90 Å². The van der Waals surface area contributed by atoms with Crippen LogP contribution in [0.5, 0.6) is 5.75 Å². The van der Waals surface area contributed by atoms with E-state index < -0.39 is 5.60 Å². The summed E-state index contributed by atoms with van der Waals surface area (Å²) < 4.78 is 5.74. The van der Waals surface area contributed by atoms with Crippen LogP contribution in [0.1, 0.15) is 35.1 Å². The summed E-state index contributed by atoms with van der Waals surface area (Å²) in [5, 5.41) is 16.7. The fourth-order valence-electron chi connectivity index (χ4n) is 7.12. The Morgan fingerprint density at radius 1 is 0.895 bits per heavy atom. The molecule has 4 nitrogen and oxygen atoms in total. The van der Waals surface area contributed by atoms with Crippen LogP contribution >= 0.6 is 11.3 Å². The maximum atomic E-state index is 13.6. The van der Waals surface area contributed by atoms with E-state index in [1.54, 1.807) is 18.4 Å². The maximum Gasteiger partial charge on any atom is 0.227 e. The number of likely N-dealkylation sites (tertiary alicyclic amines) is 1. The normalized spacial score (nSPS) is 24.1. The zero-order valence-electron chi connectivity index (χ0n) is 21.6. The third kappa shape index (κ3) is 4.05. The van der Waals surface area contributed by atoms with E-state index in [2.05, 4.69) is 60.7 Å². The Morgan fingerprint density at radius 2 is 1.53 bits per heavy atom. The van der Waals surface area contributed by atoms with E-state index in [0.717, 1.165) is 17.5 Å². The lowest BCUT2D eigenvalue weighted by Crippen LogP contribution is -2.53. The van der Waals surface area contributed by atoms with Crippen molar-refractivity contribution in [2.45, 2.75) is 30.3 Å². The fraction of sp³-hybridized carbons (Fsp3) is 0.303. The van der Waals surface area contributed by atoms with Gasteiger partial charge in [-0.15, -0.1) is 0 Å². The molecule has 3 atom stereocenters. The Balaban J connectivity index is 1.49. The Bertz CT molecular complexity index is 1350. The van der Waals surface area contributed by atoms with E-state index in [1.165, 1.54) is 11.1 Å². The van der Waals surface area contributed by atoms with Crippen molar-refractivity contribution in [3.8, 4) is 5.75 Å². The Hall–Kier alpha value is -3.41. The first-order chi connectivity index (χ1) is 18.6. The summed E-state index contributed by atoms with van der Waals surface area (Å²) >= 11 is 1.62. The fourth-order valence-corrected chi connectivity index (χ4v) is 7.79. The molecule has 6 rings (SSSR count). The van der Waals surface area contributed by atoms with Gasteiger partial charge in [-0.25, -0.2) is 0 Å². The smallest absolute Gasteiger partial charge is 0.227 e. The van der Waals surface area contributed by atoms with Gasteiger partial charge < -0.3 is 14.7 Å². The van der Waals surface area contributed by atoms with Crippen molar-refractivity contribution in [2.75, 3.05) is 20.2 Å². The van der Waals surface area contributed by atoms with E-state index in [1.807, 2.05) is 46.0 Å². The number of thiophene rings is 1. The number of methoxy groups -OCH3 is 1. The number of para-hydroxylation sites is 1. The summed E-state index contributed by atoms with van der Waals surface area (Å²) in [5.74, 6) is 0.695. The summed E-state index contributed by atoms with van der Waals surface area (Å²) in [7, 11) is 1.66. The highest BCUT2D eigenvalue weighted by Crippen LogP contribution is 2.60. The lowest BCUT2D eigenvalue weighted by Gasteiger charge is -2.53. The number of nitrogens with zero attached hydrogens (tertiary/aromatic N) is 1. The Morgan fingerprint density at radius 3 is 2.16 bits per heavy atom. The number of carbonyl (C=O) groups is 1. The van der Waals surface area contributed by atoms with Crippen LogP contribution in [0.15, 0.2) is 102 Å². The first-order valence-corrected chi connectivity index (χ1v) is 14.3. The molecule has 1 saturated carbocycles. The van der Waals surface area contributed by atoms with Gasteiger partial charge in [0, 0.05) is 30.0 Å². The second-order valence-electron chi connectivity index (χ2n) is 10.6. The van der Waals surface area contributed by atoms with Crippen LogP contribution in [-0.4, -0.2) is 36.1 Å². The Labute approximate surface area is 228 Å². The van der Waals surface area contributed by atoms with E-state index in [9.17, 15) is 9.90 Å². The van der Waals surface area contributed by atoms with Crippen molar-refractivity contribution in [3.63, 3.8) is 0 Å². The van der Waals surface area contributed by atoms with Gasteiger partial charge >= 0.3 is 0 Å². The third-order valence-corrected chi connectivity index (χ3v) is 9.64.